The molecule has 0 fully saturated rings. The molecule has 30 heavy (non-hydrogen) atoms. The Hall–Kier alpha value is -2.16. The van der Waals surface area contributed by atoms with E-state index in [-0.39, 0.29) is 10.3 Å². The van der Waals surface area contributed by atoms with Crippen LogP contribution < -0.4 is 10.6 Å². The van der Waals surface area contributed by atoms with E-state index in [0.717, 1.165) is 25.6 Å². The molecule has 0 spiro atoms. The van der Waals surface area contributed by atoms with Gasteiger partial charge in [0.25, 0.3) is 0 Å². The largest absolute Gasteiger partial charge is 0.288 e. The molecular formula is C22H16ClNO3S3. The van der Waals surface area contributed by atoms with Crippen molar-refractivity contribution >= 4 is 54.8 Å². The highest BCUT2D eigenvalue weighted by Gasteiger charge is 2.18. The Labute approximate surface area is 187 Å². The van der Waals surface area contributed by atoms with Crippen LogP contribution in [-0.4, -0.2) is 14.7 Å². The minimum absolute atomic E-state index is 0.0251. The van der Waals surface area contributed by atoms with Crippen LogP contribution in [0.1, 0.15) is 0 Å². The van der Waals surface area contributed by atoms with Gasteiger partial charge in [-0.1, -0.05) is 41.9 Å². The number of sulfonamides is 1. The lowest BCUT2D eigenvalue weighted by molar-refractivity contribution is 0.598. The Balaban J connectivity index is 2.04. The molecule has 0 unspecified atom stereocenters. The van der Waals surface area contributed by atoms with Gasteiger partial charge in [0.15, 0.2) is 5.43 Å². The molecule has 0 atom stereocenters. The highest BCUT2D eigenvalue weighted by molar-refractivity contribution is 7.98. The third kappa shape index (κ3) is 3.91. The van der Waals surface area contributed by atoms with Crippen molar-refractivity contribution in [3.05, 3.63) is 82.0 Å². The number of rotatable bonds is 4. The highest BCUT2D eigenvalue weighted by atomic mass is 35.5. The van der Waals surface area contributed by atoms with Gasteiger partial charge in [-0.15, -0.1) is 23.1 Å². The number of hydrogen-bond acceptors (Lipinski definition) is 5. The maximum atomic E-state index is 13.5. The molecule has 0 bridgehead atoms. The van der Waals surface area contributed by atoms with E-state index in [2.05, 4.69) is 0 Å². The van der Waals surface area contributed by atoms with E-state index in [0.29, 0.717) is 16.0 Å². The Bertz CT molecular complexity index is 1430. The van der Waals surface area contributed by atoms with Gasteiger partial charge in [0.1, 0.15) is 0 Å². The fourth-order valence-electron chi connectivity index (χ4n) is 3.22. The van der Waals surface area contributed by atoms with E-state index in [1.165, 1.54) is 35.2 Å². The van der Waals surface area contributed by atoms with Gasteiger partial charge in [0.05, 0.1) is 9.92 Å². The van der Waals surface area contributed by atoms with Gasteiger partial charge in [0.2, 0.25) is 10.0 Å². The maximum absolute atomic E-state index is 13.5. The third-order valence-corrected chi connectivity index (χ3v) is 8.05. The Kier molecular flexibility index (Phi) is 5.74. The monoisotopic (exact) mass is 473 g/mol. The molecule has 1 aromatic heterocycles. The van der Waals surface area contributed by atoms with Crippen molar-refractivity contribution < 1.29 is 8.42 Å². The first-order chi connectivity index (χ1) is 14.3. The Morgan fingerprint density at radius 1 is 0.967 bits per heavy atom. The van der Waals surface area contributed by atoms with Crippen molar-refractivity contribution in [1.82, 2.24) is 0 Å². The van der Waals surface area contributed by atoms with E-state index in [4.69, 9.17) is 16.7 Å². The van der Waals surface area contributed by atoms with Crippen LogP contribution >= 0.6 is 34.7 Å². The summed E-state index contributed by atoms with van der Waals surface area (Å²) in [4.78, 5) is 15.1. The van der Waals surface area contributed by atoms with Gasteiger partial charge < -0.3 is 0 Å². The second-order valence-corrected chi connectivity index (χ2v) is 10.4. The molecule has 152 valence electrons. The standard InChI is InChI=1S/C22H16ClNO3S3/c1-28-19-12-14(8-11-17(19)23)20-21(25)16-4-2-3-5-18(16)29-22(20)13-6-9-15(10-7-13)30(24,26)27/h2-12H,1H3,(H2,24,26,27). The molecule has 3 aromatic carbocycles. The van der Waals surface area contributed by atoms with Crippen LogP contribution in [0, 0.1) is 0 Å². The number of thioether (sulfide) groups is 1. The summed E-state index contributed by atoms with van der Waals surface area (Å²) in [5, 5.41) is 6.49. The molecule has 4 aromatic rings. The predicted molar refractivity (Wildman–Crippen MR) is 127 cm³/mol. The van der Waals surface area contributed by atoms with Crippen LogP contribution in [0.5, 0.6) is 0 Å². The fourth-order valence-corrected chi connectivity index (χ4v) is 5.79. The second kappa shape index (κ2) is 8.17. The van der Waals surface area contributed by atoms with Crippen LogP contribution in [0.3, 0.4) is 0 Å². The van der Waals surface area contributed by atoms with Crippen LogP contribution in [-0.2, 0) is 10.0 Å². The first-order valence-corrected chi connectivity index (χ1v) is 12.8. The summed E-state index contributed by atoms with van der Waals surface area (Å²) in [5.41, 5.74) is 1.99. The van der Waals surface area contributed by atoms with Gasteiger partial charge in [-0.05, 0) is 53.8 Å². The third-order valence-electron chi connectivity index (χ3n) is 4.68. The number of primary sulfonamides is 1. The number of fused-ring (bicyclic) bond motifs is 1. The number of hydrogen-bond donors (Lipinski definition) is 1. The molecule has 2 N–H and O–H groups in total. The lowest BCUT2D eigenvalue weighted by atomic mass is 10.0. The average molecular weight is 474 g/mol. The molecule has 8 heteroatoms. The molecule has 0 aliphatic heterocycles. The predicted octanol–water partition coefficient (Wildman–Crippen LogP) is 5.62. The zero-order chi connectivity index (χ0) is 21.5. The van der Waals surface area contributed by atoms with Crippen LogP contribution in [0.25, 0.3) is 31.7 Å². The first kappa shape index (κ1) is 21.1. The molecule has 0 saturated carbocycles. The summed E-state index contributed by atoms with van der Waals surface area (Å²) in [6.07, 6.45) is 1.93. The Morgan fingerprint density at radius 2 is 1.63 bits per heavy atom. The van der Waals surface area contributed by atoms with Crippen LogP contribution in [0.15, 0.2) is 81.3 Å². The summed E-state index contributed by atoms with van der Waals surface area (Å²) < 4.78 is 24.1. The quantitative estimate of drug-likeness (QED) is 0.390. The molecule has 0 aliphatic rings. The van der Waals surface area contributed by atoms with E-state index in [1.54, 1.807) is 18.2 Å². The van der Waals surface area contributed by atoms with Crippen molar-refractivity contribution in [1.29, 1.82) is 0 Å². The minimum Gasteiger partial charge on any atom is -0.288 e. The van der Waals surface area contributed by atoms with Gasteiger partial charge in [-0.3, -0.25) is 4.79 Å². The van der Waals surface area contributed by atoms with Crippen molar-refractivity contribution in [2.75, 3.05) is 6.26 Å². The minimum atomic E-state index is -3.80. The van der Waals surface area contributed by atoms with E-state index < -0.39 is 10.0 Å². The fraction of sp³-hybridized carbons (Fsp3) is 0.0455. The zero-order valence-electron chi connectivity index (χ0n) is 15.8. The summed E-state index contributed by atoms with van der Waals surface area (Å²) in [6, 6.07) is 19.2. The topological polar surface area (TPSA) is 77.2 Å². The molecule has 4 rings (SSSR count). The Morgan fingerprint density at radius 3 is 2.30 bits per heavy atom. The molecule has 4 nitrogen and oxygen atoms in total. The maximum Gasteiger partial charge on any atom is 0.238 e. The van der Waals surface area contributed by atoms with E-state index in [9.17, 15) is 13.2 Å². The van der Waals surface area contributed by atoms with Crippen molar-refractivity contribution in [3.63, 3.8) is 0 Å². The van der Waals surface area contributed by atoms with Crippen molar-refractivity contribution in [3.8, 4) is 21.6 Å². The van der Waals surface area contributed by atoms with Gasteiger partial charge in [0, 0.05) is 25.4 Å². The normalized spacial score (nSPS) is 11.7. The molecular weight excluding hydrogens is 458 g/mol. The SMILES string of the molecule is CSc1cc(-c2c(-c3ccc(S(N)(=O)=O)cc3)sc3ccccc3c2=O)ccc1Cl. The first-order valence-electron chi connectivity index (χ1n) is 8.82. The van der Waals surface area contributed by atoms with E-state index in [1.807, 2.05) is 42.7 Å². The lowest BCUT2D eigenvalue weighted by Crippen LogP contribution is -2.11. The van der Waals surface area contributed by atoms with Gasteiger partial charge >= 0.3 is 0 Å². The second-order valence-electron chi connectivity index (χ2n) is 6.55. The summed E-state index contributed by atoms with van der Waals surface area (Å²) in [5.74, 6) is 0. The highest BCUT2D eigenvalue weighted by Crippen LogP contribution is 2.39. The molecule has 0 saturated heterocycles. The average Bonchev–Trinajstić information content (AvgIpc) is 2.74. The van der Waals surface area contributed by atoms with Crippen molar-refractivity contribution in [2.24, 2.45) is 5.14 Å². The van der Waals surface area contributed by atoms with Crippen LogP contribution in [0.2, 0.25) is 5.02 Å². The zero-order valence-corrected chi connectivity index (χ0v) is 19.0. The number of halogens is 1. The smallest absolute Gasteiger partial charge is 0.238 e. The lowest BCUT2D eigenvalue weighted by Gasteiger charge is -2.13. The molecule has 0 radical (unpaired) electrons. The molecule has 0 amide bonds. The number of benzene rings is 3. The van der Waals surface area contributed by atoms with Gasteiger partial charge in [-0.2, -0.15) is 0 Å². The summed E-state index contributed by atoms with van der Waals surface area (Å²) in [6.45, 7) is 0. The molecule has 0 aliphatic carbocycles. The van der Waals surface area contributed by atoms with E-state index >= 15 is 0 Å². The molecule has 1 heterocycles. The van der Waals surface area contributed by atoms with Crippen molar-refractivity contribution in [2.45, 2.75) is 9.79 Å². The number of nitrogens with two attached hydrogens (primary N) is 1. The van der Waals surface area contributed by atoms with Crippen LogP contribution in [0.4, 0.5) is 0 Å². The summed E-state index contributed by atoms with van der Waals surface area (Å²) >= 11 is 9.27. The summed E-state index contributed by atoms with van der Waals surface area (Å²) in [7, 11) is -3.80. The van der Waals surface area contributed by atoms with Gasteiger partial charge in [-0.25, -0.2) is 13.6 Å².